The minimum absolute atomic E-state index is 0.0174. The van der Waals surface area contributed by atoms with Crippen molar-refractivity contribution in [1.29, 1.82) is 0 Å². The molecule has 1 aliphatic rings. The van der Waals surface area contributed by atoms with E-state index in [4.69, 9.17) is 5.11 Å². The Kier molecular flexibility index (Phi) is 4.71. The fourth-order valence-electron chi connectivity index (χ4n) is 2.57. The van der Waals surface area contributed by atoms with Gasteiger partial charge in [-0.3, -0.25) is 4.79 Å². The molecule has 2 rings (SSSR count). The third kappa shape index (κ3) is 3.20. The van der Waals surface area contributed by atoms with Gasteiger partial charge in [-0.1, -0.05) is 6.92 Å². The first kappa shape index (κ1) is 17.4. The number of rotatable bonds is 4. The predicted molar refractivity (Wildman–Crippen MR) is 76.8 cm³/mol. The van der Waals surface area contributed by atoms with Crippen LogP contribution in [0.5, 0.6) is 0 Å². The Morgan fingerprint density at radius 2 is 2.00 bits per heavy atom. The number of carboxylic acid groups (broad SMARTS) is 1. The lowest BCUT2D eigenvalue weighted by molar-refractivity contribution is -0.142. The van der Waals surface area contributed by atoms with Gasteiger partial charge < -0.3 is 9.84 Å². The summed E-state index contributed by atoms with van der Waals surface area (Å²) in [5.41, 5.74) is -0.291. The quantitative estimate of drug-likeness (QED) is 0.816. The zero-order valence-corrected chi connectivity index (χ0v) is 13.3. The van der Waals surface area contributed by atoms with Gasteiger partial charge in [0.15, 0.2) is 0 Å². The van der Waals surface area contributed by atoms with Crippen LogP contribution < -0.4 is 0 Å². The second-order valence-corrected chi connectivity index (χ2v) is 7.28. The molecule has 1 saturated heterocycles. The Labute approximate surface area is 132 Å². The number of carbonyl (C=O) groups is 2. The number of ether oxygens (including phenoxy) is 1. The largest absolute Gasteiger partial charge is 0.481 e. The normalized spacial score (nSPS) is 22.0. The summed E-state index contributed by atoms with van der Waals surface area (Å²) in [7, 11) is -3.13. The van der Waals surface area contributed by atoms with E-state index in [1.165, 1.54) is 0 Å². The molecule has 1 fully saturated rings. The maximum absolute atomic E-state index is 13.5. The lowest BCUT2D eigenvalue weighted by Crippen LogP contribution is -2.31. The number of halogens is 1. The number of hydrogen-bond acceptors (Lipinski definition) is 5. The first-order valence-corrected chi connectivity index (χ1v) is 8.23. The monoisotopic (exact) mass is 345 g/mol. The van der Waals surface area contributed by atoms with Gasteiger partial charge in [0.1, 0.15) is 5.82 Å². The molecule has 0 unspecified atom stereocenters. The van der Waals surface area contributed by atoms with E-state index in [2.05, 4.69) is 4.74 Å². The topological polar surface area (TPSA) is 101 Å². The zero-order valence-electron chi connectivity index (χ0n) is 12.5. The summed E-state index contributed by atoms with van der Waals surface area (Å²) in [5.74, 6) is -4.07. The number of sulfonamides is 1. The molecule has 7 nitrogen and oxygen atoms in total. The zero-order chi connectivity index (χ0) is 17.4. The van der Waals surface area contributed by atoms with E-state index in [1.54, 1.807) is 6.92 Å². The lowest BCUT2D eigenvalue weighted by atomic mass is 9.99. The smallest absolute Gasteiger partial charge is 0.339 e. The first-order chi connectivity index (χ1) is 10.7. The first-order valence-electron chi connectivity index (χ1n) is 6.79. The molecule has 23 heavy (non-hydrogen) atoms. The van der Waals surface area contributed by atoms with Crippen LogP contribution >= 0.6 is 0 Å². The van der Waals surface area contributed by atoms with Gasteiger partial charge in [-0.05, 0) is 24.1 Å². The molecule has 1 aromatic rings. The van der Waals surface area contributed by atoms with Crippen molar-refractivity contribution in [1.82, 2.24) is 4.31 Å². The highest BCUT2D eigenvalue weighted by atomic mass is 32.2. The molecule has 1 aromatic carbocycles. The number of aliphatic carboxylic acids is 1. The standard InChI is InChI=1S/C14H16FNO6S/c1-8-6-16(7-11(8)13(17)18)23(20,21)12-5-9(15)3-4-10(12)14(19)22-2/h3-5,8,11H,6-7H2,1-2H3,(H,17,18)/t8-,11-/m1/s1. The van der Waals surface area contributed by atoms with Gasteiger partial charge in [0, 0.05) is 13.1 Å². The molecular formula is C14H16FNO6S. The molecule has 0 aliphatic carbocycles. The average molecular weight is 345 g/mol. The van der Waals surface area contributed by atoms with Crippen LogP contribution in [-0.4, -0.2) is 50.0 Å². The van der Waals surface area contributed by atoms with Crippen LogP contribution in [0, 0.1) is 17.7 Å². The number of hydrogen-bond donors (Lipinski definition) is 1. The molecule has 0 amide bonds. The van der Waals surface area contributed by atoms with Crippen LogP contribution in [0.4, 0.5) is 4.39 Å². The molecule has 0 aromatic heterocycles. The lowest BCUT2D eigenvalue weighted by Gasteiger charge is -2.18. The van der Waals surface area contributed by atoms with Crippen molar-refractivity contribution in [2.24, 2.45) is 11.8 Å². The van der Waals surface area contributed by atoms with Crippen molar-refractivity contribution >= 4 is 22.0 Å². The fraction of sp³-hybridized carbons (Fsp3) is 0.429. The van der Waals surface area contributed by atoms with Gasteiger partial charge in [-0.2, -0.15) is 4.31 Å². The maximum atomic E-state index is 13.5. The number of benzene rings is 1. The van der Waals surface area contributed by atoms with Gasteiger partial charge in [-0.15, -0.1) is 0 Å². The number of carboxylic acids is 1. The van der Waals surface area contributed by atoms with Crippen molar-refractivity contribution in [2.45, 2.75) is 11.8 Å². The van der Waals surface area contributed by atoms with E-state index in [0.29, 0.717) is 0 Å². The molecule has 0 saturated carbocycles. The number of methoxy groups -OCH3 is 1. The van der Waals surface area contributed by atoms with E-state index in [0.717, 1.165) is 29.6 Å². The molecule has 0 radical (unpaired) electrons. The van der Waals surface area contributed by atoms with E-state index >= 15 is 0 Å². The molecule has 0 spiro atoms. The summed E-state index contributed by atoms with van der Waals surface area (Å²) in [6.07, 6.45) is 0. The highest BCUT2D eigenvalue weighted by Crippen LogP contribution is 2.30. The minimum atomic E-state index is -4.22. The van der Waals surface area contributed by atoms with Crippen LogP contribution in [0.3, 0.4) is 0 Å². The number of carbonyl (C=O) groups excluding carboxylic acids is 1. The van der Waals surface area contributed by atoms with Crippen LogP contribution in [0.2, 0.25) is 0 Å². The molecule has 1 N–H and O–H groups in total. The number of esters is 1. The summed E-state index contributed by atoms with van der Waals surface area (Å²) < 4.78 is 44.4. The summed E-state index contributed by atoms with van der Waals surface area (Å²) in [4.78, 5) is 22.3. The Morgan fingerprint density at radius 1 is 1.35 bits per heavy atom. The summed E-state index contributed by atoms with van der Waals surface area (Å²) >= 11 is 0. The van der Waals surface area contributed by atoms with Crippen molar-refractivity contribution in [3.05, 3.63) is 29.6 Å². The highest BCUT2D eigenvalue weighted by molar-refractivity contribution is 7.89. The highest BCUT2D eigenvalue weighted by Gasteiger charge is 2.42. The van der Waals surface area contributed by atoms with Crippen LogP contribution in [-0.2, 0) is 19.6 Å². The third-order valence-electron chi connectivity index (χ3n) is 3.86. The van der Waals surface area contributed by atoms with Gasteiger partial charge in [0.05, 0.1) is 23.5 Å². The Balaban J connectivity index is 2.47. The summed E-state index contributed by atoms with van der Waals surface area (Å²) in [5, 5.41) is 9.11. The van der Waals surface area contributed by atoms with Crippen molar-refractivity contribution in [3.63, 3.8) is 0 Å². The molecule has 9 heteroatoms. The molecule has 1 aliphatic heterocycles. The fourth-order valence-corrected chi connectivity index (χ4v) is 4.32. The molecule has 1 heterocycles. The summed E-state index contributed by atoms with van der Waals surface area (Å²) in [6, 6.07) is 2.72. The Hall–Kier alpha value is -2.00. The predicted octanol–water partition coefficient (Wildman–Crippen LogP) is 0.954. The van der Waals surface area contributed by atoms with Gasteiger partial charge in [0.25, 0.3) is 0 Å². The van der Waals surface area contributed by atoms with Crippen LogP contribution in [0.15, 0.2) is 23.1 Å². The Bertz CT molecular complexity index is 748. The van der Waals surface area contributed by atoms with Crippen molar-refractivity contribution in [2.75, 3.05) is 20.2 Å². The Morgan fingerprint density at radius 3 is 2.52 bits per heavy atom. The minimum Gasteiger partial charge on any atom is -0.481 e. The van der Waals surface area contributed by atoms with Gasteiger partial charge in [-0.25, -0.2) is 17.6 Å². The van der Waals surface area contributed by atoms with Crippen LogP contribution in [0.1, 0.15) is 17.3 Å². The number of nitrogens with zero attached hydrogens (tertiary/aromatic N) is 1. The second kappa shape index (κ2) is 6.25. The average Bonchev–Trinajstić information content (AvgIpc) is 2.89. The SMILES string of the molecule is COC(=O)c1ccc(F)cc1S(=O)(=O)N1C[C@@H](C)[C@H](C(=O)O)C1. The van der Waals surface area contributed by atoms with E-state index in [1.807, 2.05) is 0 Å². The third-order valence-corrected chi connectivity index (χ3v) is 5.73. The molecule has 2 atom stereocenters. The van der Waals surface area contributed by atoms with Gasteiger partial charge >= 0.3 is 11.9 Å². The molecule has 126 valence electrons. The molecule has 0 bridgehead atoms. The summed E-state index contributed by atoms with van der Waals surface area (Å²) in [6.45, 7) is 1.38. The van der Waals surface area contributed by atoms with E-state index < -0.39 is 44.5 Å². The van der Waals surface area contributed by atoms with Crippen molar-refractivity contribution < 1.29 is 32.2 Å². The van der Waals surface area contributed by atoms with E-state index in [-0.39, 0.29) is 18.7 Å². The van der Waals surface area contributed by atoms with Gasteiger partial charge in [0.2, 0.25) is 10.0 Å². The second-order valence-electron chi connectivity index (χ2n) is 5.38. The maximum Gasteiger partial charge on any atom is 0.339 e. The molecular weight excluding hydrogens is 329 g/mol. The van der Waals surface area contributed by atoms with Crippen LogP contribution in [0.25, 0.3) is 0 Å². The van der Waals surface area contributed by atoms with Crippen molar-refractivity contribution in [3.8, 4) is 0 Å². The van der Waals surface area contributed by atoms with E-state index in [9.17, 15) is 22.4 Å².